The lowest BCUT2D eigenvalue weighted by Gasteiger charge is -2.25. The summed E-state index contributed by atoms with van der Waals surface area (Å²) >= 11 is 0. The Morgan fingerprint density at radius 1 is 1.29 bits per heavy atom. The van der Waals surface area contributed by atoms with Crippen molar-refractivity contribution in [2.75, 3.05) is 18.8 Å². The zero-order valence-corrected chi connectivity index (χ0v) is 12.6. The molecule has 1 aromatic carbocycles. The van der Waals surface area contributed by atoms with Crippen molar-refractivity contribution in [1.82, 2.24) is 9.29 Å². The van der Waals surface area contributed by atoms with Crippen molar-refractivity contribution in [1.29, 1.82) is 0 Å². The van der Waals surface area contributed by atoms with Gasteiger partial charge in [0.05, 0.1) is 5.52 Å². The highest BCUT2D eigenvalue weighted by atomic mass is 32.2. The van der Waals surface area contributed by atoms with Crippen LogP contribution in [0.4, 0.5) is 5.69 Å². The second-order valence-corrected chi connectivity index (χ2v) is 7.12. The number of fused-ring (bicyclic) bond motifs is 1. The molecule has 2 heterocycles. The normalized spacial score (nSPS) is 16.9. The van der Waals surface area contributed by atoms with Crippen molar-refractivity contribution in [2.45, 2.75) is 18.2 Å². The van der Waals surface area contributed by atoms with Crippen LogP contribution in [0.5, 0.6) is 0 Å². The quantitative estimate of drug-likeness (QED) is 0.681. The second-order valence-electron chi connectivity index (χ2n) is 5.22. The van der Waals surface area contributed by atoms with Gasteiger partial charge in [-0.15, -0.1) is 0 Å². The molecule has 0 radical (unpaired) electrons. The average Bonchev–Trinajstić information content (AvgIpc) is 2.48. The van der Waals surface area contributed by atoms with Gasteiger partial charge in [0.2, 0.25) is 10.0 Å². The first-order valence-corrected chi connectivity index (χ1v) is 8.23. The van der Waals surface area contributed by atoms with Gasteiger partial charge in [-0.2, -0.15) is 4.31 Å². The van der Waals surface area contributed by atoms with Gasteiger partial charge in [-0.1, -0.05) is 11.6 Å². The SMILES string of the molecule is CC1=CCN(S(=O)(=O)c2ccc(N)c3cccnc23)CC1. The van der Waals surface area contributed by atoms with E-state index in [4.69, 9.17) is 5.73 Å². The van der Waals surface area contributed by atoms with Gasteiger partial charge in [0.25, 0.3) is 0 Å². The van der Waals surface area contributed by atoms with Gasteiger partial charge in [-0.05, 0) is 37.6 Å². The monoisotopic (exact) mass is 303 g/mol. The van der Waals surface area contributed by atoms with Gasteiger partial charge in [0.15, 0.2) is 0 Å². The summed E-state index contributed by atoms with van der Waals surface area (Å²) in [6.45, 7) is 2.93. The van der Waals surface area contributed by atoms with E-state index in [1.807, 2.05) is 13.0 Å². The Kier molecular flexibility index (Phi) is 3.43. The number of pyridine rings is 1. The highest BCUT2D eigenvalue weighted by Gasteiger charge is 2.27. The summed E-state index contributed by atoms with van der Waals surface area (Å²) in [6.07, 6.45) is 4.30. The van der Waals surface area contributed by atoms with Crippen LogP contribution in [0, 0.1) is 0 Å². The summed E-state index contributed by atoms with van der Waals surface area (Å²) in [4.78, 5) is 4.44. The van der Waals surface area contributed by atoms with Crippen molar-refractivity contribution in [3.63, 3.8) is 0 Å². The van der Waals surface area contributed by atoms with Crippen LogP contribution in [-0.2, 0) is 10.0 Å². The maximum Gasteiger partial charge on any atom is 0.245 e. The number of hydrogen-bond acceptors (Lipinski definition) is 4. The summed E-state index contributed by atoms with van der Waals surface area (Å²) in [6, 6.07) is 6.71. The first kappa shape index (κ1) is 14.0. The fourth-order valence-electron chi connectivity index (χ4n) is 2.49. The third-order valence-corrected chi connectivity index (χ3v) is 5.68. The van der Waals surface area contributed by atoms with Gasteiger partial charge in [-0.25, -0.2) is 8.42 Å². The van der Waals surface area contributed by atoms with E-state index in [2.05, 4.69) is 4.98 Å². The molecule has 2 aromatic rings. The van der Waals surface area contributed by atoms with E-state index in [9.17, 15) is 8.42 Å². The fourth-order valence-corrected chi connectivity index (χ4v) is 4.01. The Bertz CT molecular complexity index is 828. The largest absolute Gasteiger partial charge is 0.398 e. The van der Waals surface area contributed by atoms with Gasteiger partial charge in [0.1, 0.15) is 4.90 Å². The summed E-state index contributed by atoms with van der Waals surface area (Å²) in [5.74, 6) is 0. The van der Waals surface area contributed by atoms with Crippen LogP contribution < -0.4 is 5.73 Å². The number of sulfonamides is 1. The smallest absolute Gasteiger partial charge is 0.245 e. The minimum atomic E-state index is -3.56. The standard InChI is InChI=1S/C15H17N3O2S/c1-11-6-9-18(10-7-11)21(19,20)14-5-4-13(16)12-3-2-8-17-15(12)14/h2-6,8H,7,9-10,16H2,1H3. The van der Waals surface area contributed by atoms with Crippen LogP contribution >= 0.6 is 0 Å². The molecule has 0 saturated carbocycles. The second kappa shape index (κ2) is 5.13. The lowest BCUT2D eigenvalue weighted by atomic mass is 10.1. The van der Waals surface area contributed by atoms with E-state index in [1.165, 1.54) is 9.88 Å². The van der Waals surface area contributed by atoms with E-state index in [1.54, 1.807) is 30.5 Å². The predicted molar refractivity (Wildman–Crippen MR) is 83.3 cm³/mol. The van der Waals surface area contributed by atoms with Crippen molar-refractivity contribution in [3.05, 3.63) is 42.1 Å². The molecule has 2 N–H and O–H groups in total. The molecule has 6 heteroatoms. The van der Waals surface area contributed by atoms with E-state index in [0.717, 1.165) is 6.42 Å². The van der Waals surface area contributed by atoms with Crippen LogP contribution in [0.15, 0.2) is 47.0 Å². The van der Waals surface area contributed by atoms with Crippen LogP contribution in [0.1, 0.15) is 13.3 Å². The van der Waals surface area contributed by atoms with E-state index in [-0.39, 0.29) is 4.90 Å². The minimum Gasteiger partial charge on any atom is -0.398 e. The highest BCUT2D eigenvalue weighted by Crippen LogP contribution is 2.29. The molecule has 0 spiro atoms. The Balaban J connectivity index is 2.14. The maximum atomic E-state index is 12.8. The number of hydrogen-bond donors (Lipinski definition) is 1. The lowest BCUT2D eigenvalue weighted by Crippen LogP contribution is -2.34. The molecule has 0 fully saturated rings. The molecule has 1 aliphatic rings. The highest BCUT2D eigenvalue weighted by molar-refractivity contribution is 7.89. The van der Waals surface area contributed by atoms with Crippen LogP contribution in [0.25, 0.3) is 10.9 Å². The number of nitrogen functional groups attached to an aromatic ring is 1. The van der Waals surface area contributed by atoms with E-state index in [0.29, 0.717) is 29.7 Å². The van der Waals surface area contributed by atoms with Crippen molar-refractivity contribution in [3.8, 4) is 0 Å². The third kappa shape index (κ3) is 2.41. The van der Waals surface area contributed by atoms with Gasteiger partial charge >= 0.3 is 0 Å². The number of aromatic nitrogens is 1. The van der Waals surface area contributed by atoms with E-state index >= 15 is 0 Å². The molecule has 5 nitrogen and oxygen atoms in total. The molecule has 0 saturated heterocycles. The Morgan fingerprint density at radius 2 is 2.10 bits per heavy atom. The topological polar surface area (TPSA) is 76.3 Å². The minimum absolute atomic E-state index is 0.222. The first-order valence-electron chi connectivity index (χ1n) is 6.79. The Hall–Kier alpha value is -1.92. The molecule has 1 aliphatic heterocycles. The number of benzene rings is 1. The lowest BCUT2D eigenvalue weighted by molar-refractivity contribution is 0.432. The number of rotatable bonds is 2. The average molecular weight is 303 g/mol. The Morgan fingerprint density at radius 3 is 2.81 bits per heavy atom. The molecule has 0 amide bonds. The number of anilines is 1. The molecule has 1 aromatic heterocycles. The molecular weight excluding hydrogens is 286 g/mol. The summed E-state index contributed by atoms with van der Waals surface area (Å²) < 4.78 is 27.2. The molecular formula is C15H17N3O2S. The summed E-state index contributed by atoms with van der Waals surface area (Å²) in [5.41, 5.74) is 8.10. The molecule has 110 valence electrons. The molecule has 0 atom stereocenters. The van der Waals surface area contributed by atoms with Crippen molar-refractivity contribution < 1.29 is 8.42 Å². The van der Waals surface area contributed by atoms with Gasteiger partial charge in [0, 0.05) is 30.4 Å². The zero-order chi connectivity index (χ0) is 15.0. The molecule has 0 unspecified atom stereocenters. The Labute approximate surface area is 124 Å². The van der Waals surface area contributed by atoms with Crippen molar-refractivity contribution >= 4 is 26.6 Å². The number of nitrogens with two attached hydrogens (primary N) is 1. The molecule has 0 aliphatic carbocycles. The first-order chi connectivity index (χ1) is 10.00. The van der Waals surface area contributed by atoms with Crippen molar-refractivity contribution in [2.24, 2.45) is 0 Å². The zero-order valence-electron chi connectivity index (χ0n) is 11.8. The fraction of sp³-hybridized carbons (Fsp3) is 0.267. The van der Waals surface area contributed by atoms with Crippen LogP contribution in [-0.4, -0.2) is 30.8 Å². The molecule has 3 rings (SSSR count). The predicted octanol–water partition coefficient (Wildman–Crippen LogP) is 2.16. The van der Waals surface area contributed by atoms with Gasteiger partial charge in [-0.3, -0.25) is 4.98 Å². The molecule has 21 heavy (non-hydrogen) atoms. The van der Waals surface area contributed by atoms with Gasteiger partial charge < -0.3 is 5.73 Å². The van der Waals surface area contributed by atoms with Crippen LogP contribution in [0.3, 0.4) is 0 Å². The maximum absolute atomic E-state index is 12.8. The summed E-state index contributed by atoms with van der Waals surface area (Å²) in [5, 5.41) is 0.669. The number of nitrogens with zero attached hydrogens (tertiary/aromatic N) is 2. The van der Waals surface area contributed by atoms with Crippen LogP contribution in [0.2, 0.25) is 0 Å². The summed E-state index contributed by atoms with van der Waals surface area (Å²) in [7, 11) is -3.56. The molecule has 0 bridgehead atoms. The van der Waals surface area contributed by atoms with E-state index < -0.39 is 10.0 Å². The third-order valence-electron chi connectivity index (χ3n) is 3.78.